The van der Waals surface area contributed by atoms with E-state index in [4.69, 9.17) is 4.74 Å². The molecule has 0 fully saturated rings. The summed E-state index contributed by atoms with van der Waals surface area (Å²) in [7, 11) is 1.66. The van der Waals surface area contributed by atoms with Gasteiger partial charge < -0.3 is 9.84 Å². The van der Waals surface area contributed by atoms with Crippen LogP contribution in [0.2, 0.25) is 0 Å². The van der Waals surface area contributed by atoms with Crippen LogP contribution in [0.25, 0.3) is 5.76 Å². The van der Waals surface area contributed by atoms with E-state index in [-0.39, 0.29) is 0 Å². The van der Waals surface area contributed by atoms with Gasteiger partial charge in [0.1, 0.15) is 11.5 Å². The van der Waals surface area contributed by atoms with Crippen molar-refractivity contribution >= 4 is 5.76 Å². The van der Waals surface area contributed by atoms with Crippen LogP contribution in [0.1, 0.15) is 24.5 Å². The fourth-order valence-electron chi connectivity index (χ4n) is 1.81. The minimum Gasteiger partial charge on any atom is -0.507 e. The summed E-state index contributed by atoms with van der Waals surface area (Å²) in [5.41, 5.74) is 3.20. The lowest BCUT2D eigenvalue weighted by Gasteiger charge is -2.17. The fourth-order valence-corrected chi connectivity index (χ4v) is 1.81. The van der Waals surface area contributed by atoms with Crippen LogP contribution in [0.4, 0.5) is 0 Å². The summed E-state index contributed by atoms with van der Waals surface area (Å²) in [6, 6.07) is 5.80. The Hall–Kier alpha value is -1.44. The maximum atomic E-state index is 9.83. The van der Waals surface area contributed by atoms with Crippen molar-refractivity contribution < 1.29 is 9.84 Å². The second-order valence-corrected chi connectivity index (χ2v) is 3.65. The summed E-state index contributed by atoms with van der Waals surface area (Å²) in [4.78, 5) is 0. The highest BCUT2D eigenvalue weighted by atomic mass is 16.5. The maximum Gasteiger partial charge on any atom is 0.122 e. The Kier molecular flexibility index (Phi) is 2.20. The highest BCUT2D eigenvalue weighted by Crippen LogP contribution is 2.31. The third-order valence-corrected chi connectivity index (χ3v) is 2.74. The minimum absolute atomic E-state index is 0.439. The first-order valence-electron chi connectivity index (χ1n) is 4.78. The van der Waals surface area contributed by atoms with Gasteiger partial charge in [0.2, 0.25) is 0 Å². The molecule has 1 N–H and O–H groups in total. The quantitative estimate of drug-likeness (QED) is 0.737. The third kappa shape index (κ3) is 1.37. The Labute approximate surface area is 83.8 Å². The lowest BCUT2D eigenvalue weighted by atomic mass is 9.91. The number of aliphatic hydroxyl groups is 1. The summed E-state index contributed by atoms with van der Waals surface area (Å²) in [5.74, 6) is 1.30. The van der Waals surface area contributed by atoms with E-state index in [0.717, 1.165) is 29.7 Å². The van der Waals surface area contributed by atoms with Crippen molar-refractivity contribution in [1.29, 1.82) is 0 Å². The molecule has 14 heavy (non-hydrogen) atoms. The van der Waals surface area contributed by atoms with Gasteiger partial charge in [0.05, 0.1) is 7.11 Å². The van der Waals surface area contributed by atoms with Crippen molar-refractivity contribution in [1.82, 2.24) is 0 Å². The van der Waals surface area contributed by atoms with Gasteiger partial charge in [-0.05, 0) is 49.1 Å². The Morgan fingerprint density at radius 3 is 2.79 bits per heavy atom. The van der Waals surface area contributed by atoms with E-state index in [2.05, 4.69) is 0 Å². The van der Waals surface area contributed by atoms with Gasteiger partial charge in [0, 0.05) is 5.56 Å². The van der Waals surface area contributed by atoms with E-state index in [1.54, 1.807) is 7.11 Å². The van der Waals surface area contributed by atoms with Gasteiger partial charge in [-0.15, -0.1) is 0 Å². The first-order valence-corrected chi connectivity index (χ1v) is 4.78. The van der Waals surface area contributed by atoms with E-state index < -0.39 is 0 Å². The molecule has 2 heteroatoms. The molecule has 74 valence electrons. The Morgan fingerprint density at radius 1 is 1.29 bits per heavy atom. The Balaban J connectivity index is 2.51. The van der Waals surface area contributed by atoms with Crippen LogP contribution < -0.4 is 4.74 Å². The average Bonchev–Trinajstić information content (AvgIpc) is 2.23. The van der Waals surface area contributed by atoms with Gasteiger partial charge in [-0.3, -0.25) is 0 Å². The van der Waals surface area contributed by atoms with Crippen LogP contribution in [0.15, 0.2) is 23.8 Å². The topological polar surface area (TPSA) is 29.5 Å². The van der Waals surface area contributed by atoms with Crippen molar-refractivity contribution in [2.75, 3.05) is 7.11 Å². The van der Waals surface area contributed by atoms with E-state index in [0.29, 0.717) is 5.76 Å². The standard InChI is InChI=1S/C12H14O2/c1-8-3-4-9-7-10(14-2)5-6-11(9)12(8)13/h5-7,13H,3-4H2,1-2H3. The van der Waals surface area contributed by atoms with E-state index in [9.17, 15) is 5.11 Å². The molecule has 0 spiro atoms. The number of hydrogen-bond acceptors (Lipinski definition) is 2. The molecule has 0 aromatic heterocycles. The second kappa shape index (κ2) is 3.37. The Bertz CT molecular complexity index is 391. The SMILES string of the molecule is COc1ccc2c(c1)CCC(C)=C2O. The summed E-state index contributed by atoms with van der Waals surface area (Å²) in [6.07, 6.45) is 1.93. The molecule has 0 radical (unpaired) electrons. The van der Waals surface area contributed by atoms with Crippen molar-refractivity contribution in [2.24, 2.45) is 0 Å². The van der Waals surface area contributed by atoms with E-state index >= 15 is 0 Å². The number of rotatable bonds is 1. The predicted molar refractivity (Wildman–Crippen MR) is 56.5 cm³/mol. The number of aryl methyl sites for hydroxylation is 1. The molecule has 0 heterocycles. The van der Waals surface area contributed by atoms with Crippen molar-refractivity contribution in [3.63, 3.8) is 0 Å². The molecule has 0 amide bonds. The first-order chi connectivity index (χ1) is 6.72. The number of allylic oxidation sites excluding steroid dienone is 1. The predicted octanol–water partition coefficient (Wildman–Crippen LogP) is 2.93. The zero-order chi connectivity index (χ0) is 10.1. The van der Waals surface area contributed by atoms with Crippen LogP contribution in [0.3, 0.4) is 0 Å². The van der Waals surface area contributed by atoms with Gasteiger partial charge in [-0.2, -0.15) is 0 Å². The molecule has 2 nitrogen and oxygen atoms in total. The molecule has 0 saturated heterocycles. The molecule has 1 aliphatic rings. The molecule has 1 aromatic rings. The number of benzene rings is 1. The van der Waals surface area contributed by atoms with Gasteiger partial charge in [-0.25, -0.2) is 0 Å². The normalized spacial score (nSPS) is 15.3. The number of ether oxygens (including phenoxy) is 1. The molecule has 0 bridgehead atoms. The number of hydrogen-bond donors (Lipinski definition) is 1. The largest absolute Gasteiger partial charge is 0.507 e. The lowest BCUT2D eigenvalue weighted by Crippen LogP contribution is -2.03. The third-order valence-electron chi connectivity index (χ3n) is 2.74. The van der Waals surface area contributed by atoms with Crippen molar-refractivity contribution in [3.8, 4) is 5.75 Å². The van der Waals surface area contributed by atoms with Gasteiger partial charge in [0.25, 0.3) is 0 Å². The van der Waals surface area contributed by atoms with E-state index in [1.807, 2.05) is 25.1 Å². The summed E-state index contributed by atoms with van der Waals surface area (Å²) in [5, 5.41) is 9.83. The van der Waals surface area contributed by atoms with Crippen molar-refractivity contribution in [3.05, 3.63) is 34.9 Å². The molecular formula is C12H14O2. The number of fused-ring (bicyclic) bond motifs is 1. The van der Waals surface area contributed by atoms with Gasteiger partial charge >= 0.3 is 0 Å². The highest BCUT2D eigenvalue weighted by molar-refractivity contribution is 5.67. The van der Waals surface area contributed by atoms with Crippen LogP contribution in [-0.4, -0.2) is 12.2 Å². The Morgan fingerprint density at radius 2 is 2.07 bits per heavy atom. The van der Waals surface area contributed by atoms with Crippen LogP contribution >= 0.6 is 0 Å². The molecule has 0 saturated carbocycles. The molecule has 0 aliphatic heterocycles. The smallest absolute Gasteiger partial charge is 0.122 e. The van der Waals surface area contributed by atoms with Crippen LogP contribution in [-0.2, 0) is 6.42 Å². The molecule has 0 unspecified atom stereocenters. The highest BCUT2D eigenvalue weighted by Gasteiger charge is 2.15. The molecule has 1 aromatic carbocycles. The van der Waals surface area contributed by atoms with Gasteiger partial charge in [-0.1, -0.05) is 0 Å². The summed E-state index contributed by atoms with van der Waals surface area (Å²) >= 11 is 0. The molecular weight excluding hydrogens is 176 g/mol. The van der Waals surface area contributed by atoms with E-state index in [1.165, 1.54) is 5.56 Å². The number of aliphatic hydroxyl groups excluding tert-OH is 1. The molecule has 1 aliphatic carbocycles. The van der Waals surface area contributed by atoms with Gasteiger partial charge in [0.15, 0.2) is 0 Å². The van der Waals surface area contributed by atoms with Crippen molar-refractivity contribution in [2.45, 2.75) is 19.8 Å². The molecule has 2 rings (SSSR count). The molecule has 0 atom stereocenters. The second-order valence-electron chi connectivity index (χ2n) is 3.65. The summed E-state index contributed by atoms with van der Waals surface area (Å²) in [6.45, 7) is 1.97. The zero-order valence-electron chi connectivity index (χ0n) is 8.50. The fraction of sp³-hybridized carbons (Fsp3) is 0.333. The average molecular weight is 190 g/mol. The monoisotopic (exact) mass is 190 g/mol. The maximum absolute atomic E-state index is 9.83. The summed E-state index contributed by atoms with van der Waals surface area (Å²) < 4.78 is 5.14. The minimum atomic E-state index is 0.439. The zero-order valence-corrected chi connectivity index (χ0v) is 8.50. The van der Waals surface area contributed by atoms with Crippen LogP contribution in [0.5, 0.6) is 5.75 Å². The first kappa shape index (κ1) is 9.13. The van der Waals surface area contributed by atoms with Crippen LogP contribution in [0, 0.1) is 0 Å². The lowest BCUT2D eigenvalue weighted by molar-refractivity contribution is 0.413. The number of methoxy groups -OCH3 is 1.